The van der Waals surface area contributed by atoms with Gasteiger partial charge in [-0.3, -0.25) is 0 Å². The zero-order chi connectivity index (χ0) is 28.5. The Labute approximate surface area is 247 Å². The summed E-state index contributed by atoms with van der Waals surface area (Å²) in [5.41, 5.74) is 4.56. The van der Waals surface area contributed by atoms with E-state index in [9.17, 15) is 9.90 Å². The van der Waals surface area contributed by atoms with Crippen LogP contribution in [0.4, 0.5) is 4.79 Å². The lowest BCUT2D eigenvalue weighted by molar-refractivity contribution is -0.0832. The van der Waals surface area contributed by atoms with E-state index in [0.717, 1.165) is 56.0 Å². The molecule has 1 spiro atoms. The molecule has 5 heteroatoms. The van der Waals surface area contributed by atoms with Gasteiger partial charge in [0, 0.05) is 12.5 Å². The molecule has 7 rings (SSSR count). The molecule has 2 heterocycles. The minimum absolute atomic E-state index is 0.0836. The minimum atomic E-state index is -0.190. The Bertz CT molecular complexity index is 1180. The van der Waals surface area contributed by atoms with Crippen LogP contribution in [0.1, 0.15) is 97.5 Å². The van der Waals surface area contributed by atoms with Gasteiger partial charge in [0.25, 0.3) is 0 Å². The number of carbonyl (C=O) groups is 1. The summed E-state index contributed by atoms with van der Waals surface area (Å²) in [6.07, 6.45) is 11.2. The van der Waals surface area contributed by atoms with E-state index in [1.165, 1.54) is 32.1 Å². The van der Waals surface area contributed by atoms with Crippen molar-refractivity contribution in [2.45, 2.75) is 122 Å². The SMILES string of the molecule is CC1=C2C[C@H]3[C@@H](CC[C@@H]4C[C@@H](O)CC[C@@]43C)[C@@H]2CCC2(C1)O[C@@H]1C[C@H](C)CN(C(=O)OCc3ccccc3)[C@H]1[C@H]2C. The van der Waals surface area contributed by atoms with Gasteiger partial charge in [-0.2, -0.15) is 0 Å². The number of allylic oxidation sites excluding steroid dienone is 1. The summed E-state index contributed by atoms with van der Waals surface area (Å²) in [6, 6.07) is 10.1. The van der Waals surface area contributed by atoms with Crippen molar-refractivity contribution < 1.29 is 19.4 Å². The fourth-order valence-corrected chi connectivity index (χ4v) is 11.0. The van der Waals surface area contributed by atoms with Crippen LogP contribution in [0.25, 0.3) is 0 Å². The second-order valence-corrected chi connectivity index (χ2v) is 15.3. The number of aliphatic hydroxyl groups is 1. The predicted octanol–water partition coefficient (Wildman–Crippen LogP) is 7.52. The van der Waals surface area contributed by atoms with Crippen LogP contribution < -0.4 is 0 Å². The van der Waals surface area contributed by atoms with Gasteiger partial charge >= 0.3 is 6.09 Å². The number of carbonyl (C=O) groups excluding carboxylic acids is 1. The molecule has 0 radical (unpaired) electrons. The standard InChI is InChI=1S/C36H51NO4/c1-22-16-32-33(37(20-22)34(39)40-21-25-8-6-5-7-9-25)24(3)36(41-32)15-13-28-29-11-10-26-17-27(38)12-14-35(26,4)31(29)18-30(28)23(2)19-36/h5-9,22,24,26-29,31-33,38H,10-21H2,1-4H3/t22-,24+,26+,27-,28-,29-,31-,32+,33-,35-,36?/m0/s1. The van der Waals surface area contributed by atoms with Crippen LogP contribution in [0.15, 0.2) is 41.5 Å². The first-order valence-corrected chi connectivity index (χ1v) is 16.7. The van der Waals surface area contributed by atoms with E-state index in [0.29, 0.717) is 29.8 Å². The van der Waals surface area contributed by atoms with Gasteiger partial charge in [-0.05, 0) is 112 Å². The smallest absolute Gasteiger partial charge is 0.410 e. The number of amides is 1. The Hall–Kier alpha value is -1.85. The highest BCUT2D eigenvalue weighted by molar-refractivity contribution is 5.68. The lowest BCUT2D eigenvalue weighted by atomic mass is 9.52. The molecular weight excluding hydrogens is 510 g/mol. The molecule has 1 aromatic carbocycles. The number of benzene rings is 1. The van der Waals surface area contributed by atoms with Crippen LogP contribution in [0.3, 0.4) is 0 Å². The Morgan fingerprint density at radius 1 is 1.10 bits per heavy atom. The van der Waals surface area contributed by atoms with Crippen molar-refractivity contribution >= 4 is 6.09 Å². The van der Waals surface area contributed by atoms with Gasteiger partial charge in [-0.25, -0.2) is 4.79 Å². The van der Waals surface area contributed by atoms with Crippen LogP contribution >= 0.6 is 0 Å². The summed E-state index contributed by atoms with van der Waals surface area (Å²) in [7, 11) is 0. The molecule has 1 aromatic rings. The van der Waals surface area contributed by atoms with E-state index < -0.39 is 0 Å². The number of ether oxygens (including phenoxy) is 2. The highest BCUT2D eigenvalue weighted by atomic mass is 16.6. The molecule has 5 nitrogen and oxygen atoms in total. The van der Waals surface area contributed by atoms with Crippen molar-refractivity contribution in [3.05, 3.63) is 47.0 Å². The minimum Gasteiger partial charge on any atom is -0.445 e. The molecule has 6 aliphatic rings. The zero-order valence-electron chi connectivity index (χ0n) is 25.7. The van der Waals surface area contributed by atoms with E-state index in [-0.39, 0.29) is 35.9 Å². The molecule has 224 valence electrons. The Morgan fingerprint density at radius 2 is 1.90 bits per heavy atom. The van der Waals surface area contributed by atoms with Gasteiger partial charge in [0.2, 0.25) is 0 Å². The van der Waals surface area contributed by atoms with E-state index in [1.807, 2.05) is 35.2 Å². The quantitative estimate of drug-likeness (QED) is 0.380. The molecule has 5 fully saturated rings. The first-order valence-electron chi connectivity index (χ1n) is 16.7. The number of rotatable bonds is 2. The van der Waals surface area contributed by atoms with E-state index in [1.54, 1.807) is 11.1 Å². The third-order valence-corrected chi connectivity index (χ3v) is 13.2. The fraction of sp³-hybridized carbons (Fsp3) is 0.750. The van der Waals surface area contributed by atoms with E-state index >= 15 is 0 Å². The zero-order valence-corrected chi connectivity index (χ0v) is 25.7. The van der Waals surface area contributed by atoms with Crippen molar-refractivity contribution in [3.8, 4) is 0 Å². The molecule has 1 amide bonds. The number of likely N-dealkylation sites (tertiary alicyclic amines) is 1. The number of aliphatic hydroxyl groups excluding tert-OH is 1. The average molecular weight is 562 g/mol. The molecule has 1 unspecified atom stereocenters. The van der Waals surface area contributed by atoms with Gasteiger partial charge in [0.05, 0.1) is 23.9 Å². The largest absolute Gasteiger partial charge is 0.445 e. The molecule has 2 aliphatic heterocycles. The lowest BCUT2D eigenvalue weighted by Gasteiger charge is -2.53. The normalized spacial score (nSPS) is 45.5. The molecule has 4 aliphatic carbocycles. The van der Waals surface area contributed by atoms with Gasteiger partial charge in [0.1, 0.15) is 6.61 Å². The van der Waals surface area contributed by atoms with Crippen LogP contribution in [0.2, 0.25) is 0 Å². The maximum atomic E-state index is 13.5. The summed E-state index contributed by atoms with van der Waals surface area (Å²) < 4.78 is 13.1. The molecule has 41 heavy (non-hydrogen) atoms. The molecule has 3 saturated carbocycles. The highest BCUT2D eigenvalue weighted by Crippen LogP contribution is 2.65. The highest BCUT2D eigenvalue weighted by Gasteiger charge is 2.60. The number of nitrogens with zero attached hydrogens (tertiary/aromatic N) is 1. The van der Waals surface area contributed by atoms with Crippen LogP contribution in [-0.4, -0.2) is 46.5 Å². The molecule has 2 saturated heterocycles. The van der Waals surface area contributed by atoms with Crippen molar-refractivity contribution in [1.82, 2.24) is 4.90 Å². The van der Waals surface area contributed by atoms with Crippen molar-refractivity contribution in [3.63, 3.8) is 0 Å². The van der Waals surface area contributed by atoms with Gasteiger partial charge in [-0.1, -0.05) is 62.2 Å². The number of hydrogen-bond donors (Lipinski definition) is 1. The Morgan fingerprint density at radius 3 is 2.71 bits per heavy atom. The predicted molar refractivity (Wildman–Crippen MR) is 160 cm³/mol. The van der Waals surface area contributed by atoms with Crippen molar-refractivity contribution in [2.75, 3.05) is 6.54 Å². The van der Waals surface area contributed by atoms with E-state index in [2.05, 4.69) is 27.7 Å². The maximum absolute atomic E-state index is 13.5. The van der Waals surface area contributed by atoms with Gasteiger partial charge < -0.3 is 19.5 Å². The monoisotopic (exact) mass is 561 g/mol. The molecule has 11 atom stereocenters. The molecule has 0 bridgehead atoms. The van der Waals surface area contributed by atoms with E-state index in [4.69, 9.17) is 9.47 Å². The third-order valence-electron chi connectivity index (χ3n) is 13.2. The summed E-state index contributed by atoms with van der Waals surface area (Å²) in [5.74, 6) is 3.63. The first kappa shape index (κ1) is 28.0. The Balaban J connectivity index is 1.11. The van der Waals surface area contributed by atoms with Gasteiger partial charge in [-0.15, -0.1) is 0 Å². The van der Waals surface area contributed by atoms with Crippen molar-refractivity contribution in [1.29, 1.82) is 0 Å². The molecule has 1 N–H and O–H groups in total. The second kappa shape index (κ2) is 10.4. The topological polar surface area (TPSA) is 59.0 Å². The maximum Gasteiger partial charge on any atom is 0.410 e. The number of piperidine rings is 1. The average Bonchev–Trinajstić information content (AvgIpc) is 3.42. The summed E-state index contributed by atoms with van der Waals surface area (Å²) in [4.78, 5) is 15.5. The lowest BCUT2D eigenvalue weighted by Crippen LogP contribution is -2.54. The second-order valence-electron chi connectivity index (χ2n) is 15.3. The van der Waals surface area contributed by atoms with Gasteiger partial charge in [0.15, 0.2) is 0 Å². The van der Waals surface area contributed by atoms with Crippen LogP contribution in [0.5, 0.6) is 0 Å². The number of hydrogen-bond acceptors (Lipinski definition) is 4. The Kier molecular flexibility index (Phi) is 7.09. The molecule has 0 aromatic heterocycles. The summed E-state index contributed by atoms with van der Waals surface area (Å²) >= 11 is 0. The number of fused-ring (bicyclic) bond motifs is 6. The van der Waals surface area contributed by atoms with Crippen LogP contribution in [-0.2, 0) is 16.1 Å². The van der Waals surface area contributed by atoms with Crippen LogP contribution in [0, 0.1) is 40.9 Å². The van der Waals surface area contributed by atoms with Crippen molar-refractivity contribution in [2.24, 2.45) is 40.9 Å². The fourth-order valence-electron chi connectivity index (χ4n) is 11.0. The first-order chi connectivity index (χ1) is 19.7. The summed E-state index contributed by atoms with van der Waals surface area (Å²) in [6.45, 7) is 10.7. The third kappa shape index (κ3) is 4.60. The molecular formula is C36H51NO4. The summed E-state index contributed by atoms with van der Waals surface area (Å²) in [5, 5.41) is 10.4.